The van der Waals surface area contributed by atoms with Crippen LogP contribution < -0.4 is 14.4 Å². The second-order valence-electron chi connectivity index (χ2n) is 9.50. The van der Waals surface area contributed by atoms with E-state index in [0.717, 1.165) is 28.1 Å². The topological polar surface area (TPSA) is 51.1 Å². The van der Waals surface area contributed by atoms with Gasteiger partial charge in [-0.25, -0.2) is 9.38 Å². The maximum atomic E-state index is 13.8. The van der Waals surface area contributed by atoms with Gasteiger partial charge in [-0.15, -0.1) is 0 Å². The third kappa shape index (κ3) is 6.89. The van der Waals surface area contributed by atoms with Crippen molar-refractivity contribution in [2.45, 2.75) is 27.4 Å². The predicted octanol–water partition coefficient (Wildman–Crippen LogP) is 8.99. The van der Waals surface area contributed by atoms with Gasteiger partial charge in [0.25, 0.3) is 5.91 Å². The molecule has 41 heavy (non-hydrogen) atoms. The third-order valence-corrected chi connectivity index (χ3v) is 7.82. The van der Waals surface area contributed by atoms with Crippen molar-refractivity contribution in [2.75, 3.05) is 11.5 Å². The summed E-state index contributed by atoms with van der Waals surface area (Å²) in [7, 11) is 0. The number of halogens is 2. The average Bonchev–Trinajstić information content (AvgIpc) is 3.24. The van der Waals surface area contributed by atoms with Crippen LogP contribution in [0.25, 0.3) is 6.08 Å². The van der Waals surface area contributed by atoms with Gasteiger partial charge in [0.15, 0.2) is 16.7 Å². The molecule has 0 unspecified atom stereocenters. The number of anilines is 1. The summed E-state index contributed by atoms with van der Waals surface area (Å²) in [5.41, 5.74) is 5.22. The molecule has 1 amide bonds. The second-order valence-corrected chi connectivity index (χ2v) is 11.4. The smallest absolute Gasteiger partial charge is 0.271 e. The number of amidine groups is 1. The van der Waals surface area contributed by atoms with Crippen LogP contribution in [0.4, 0.5) is 15.8 Å². The zero-order chi connectivity index (χ0) is 28.9. The average molecular weight is 632 g/mol. The lowest BCUT2D eigenvalue weighted by atomic mass is 10.1. The first kappa shape index (κ1) is 28.6. The van der Waals surface area contributed by atoms with Crippen molar-refractivity contribution < 1.29 is 18.7 Å². The van der Waals surface area contributed by atoms with E-state index in [2.05, 4.69) is 15.9 Å². The molecule has 0 N–H and O–H groups in total. The van der Waals surface area contributed by atoms with Crippen molar-refractivity contribution in [1.82, 2.24) is 0 Å². The minimum Gasteiger partial charge on any atom is -0.490 e. The first-order valence-corrected chi connectivity index (χ1v) is 14.7. The number of hydrogen-bond acceptors (Lipinski definition) is 5. The van der Waals surface area contributed by atoms with Gasteiger partial charge in [-0.2, -0.15) is 0 Å². The highest BCUT2D eigenvalue weighted by Gasteiger charge is 2.35. The van der Waals surface area contributed by atoms with Gasteiger partial charge in [0.05, 0.1) is 27.4 Å². The molecule has 0 spiro atoms. The Hall–Kier alpha value is -3.88. The summed E-state index contributed by atoms with van der Waals surface area (Å²) in [6.45, 7) is 6.52. The molecule has 0 bridgehead atoms. The molecule has 1 aliphatic rings. The number of aliphatic imine (C=N–C) groups is 1. The lowest BCUT2D eigenvalue weighted by Gasteiger charge is -2.16. The standard InChI is InChI=1S/C33H28BrFN2O3S/c1-4-39-29-18-24(17-28(34)31(29)40-20-23-6-5-7-25(35)16-23)19-30-32(38)37(27-14-10-22(3)11-15-27)33(41-30)36-26-12-8-21(2)9-13-26/h5-19H,4,20H2,1-3H3/b30-19-,36-33?. The molecule has 0 radical (unpaired) electrons. The monoisotopic (exact) mass is 630 g/mol. The normalized spacial score (nSPS) is 15.1. The predicted molar refractivity (Wildman–Crippen MR) is 169 cm³/mol. The second kappa shape index (κ2) is 12.7. The largest absolute Gasteiger partial charge is 0.490 e. The lowest BCUT2D eigenvalue weighted by Crippen LogP contribution is -2.28. The van der Waals surface area contributed by atoms with E-state index in [0.29, 0.717) is 38.2 Å². The summed E-state index contributed by atoms with van der Waals surface area (Å²) < 4.78 is 26.2. The number of aryl methyl sites for hydroxylation is 2. The van der Waals surface area contributed by atoms with Crippen LogP contribution in [0.5, 0.6) is 11.5 Å². The minimum atomic E-state index is -0.319. The molecule has 1 aliphatic heterocycles. The summed E-state index contributed by atoms with van der Waals surface area (Å²) in [6, 6.07) is 25.7. The van der Waals surface area contributed by atoms with Crippen LogP contribution in [0.2, 0.25) is 0 Å². The van der Waals surface area contributed by atoms with Crippen LogP contribution >= 0.6 is 27.7 Å². The molecule has 5 rings (SSSR count). The maximum absolute atomic E-state index is 13.8. The molecule has 0 saturated carbocycles. The fourth-order valence-corrected chi connectivity index (χ4v) is 5.78. The van der Waals surface area contributed by atoms with Gasteiger partial charge in [-0.3, -0.25) is 9.69 Å². The van der Waals surface area contributed by atoms with Crippen molar-refractivity contribution >= 4 is 56.2 Å². The number of carbonyl (C=O) groups excluding carboxylic acids is 1. The van der Waals surface area contributed by atoms with E-state index in [4.69, 9.17) is 14.5 Å². The van der Waals surface area contributed by atoms with Gasteiger partial charge in [-0.05, 0) is 114 Å². The third-order valence-electron chi connectivity index (χ3n) is 6.26. The Morgan fingerprint density at radius 2 is 1.66 bits per heavy atom. The van der Waals surface area contributed by atoms with Crippen LogP contribution in [0.3, 0.4) is 0 Å². The minimum absolute atomic E-state index is 0.162. The van der Waals surface area contributed by atoms with Gasteiger partial charge in [0.2, 0.25) is 0 Å². The highest BCUT2D eigenvalue weighted by molar-refractivity contribution is 9.10. The van der Waals surface area contributed by atoms with E-state index in [-0.39, 0.29) is 18.3 Å². The maximum Gasteiger partial charge on any atom is 0.271 e. The number of ether oxygens (including phenoxy) is 2. The van der Waals surface area contributed by atoms with Crippen molar-refractivity contribution in [3.63, 3.8) is 0 Å². The van der Waals surface area contributed by atoms with Gasteiger partial charge in [0.1, 0.15) is 12.4 Å². The Labute approximate surface area is 251 Å². The molecule has 1 saturated heterocycles. The van der Waals surface area contributed by atoms with Crippen molar-refractivity contribution in [3.05, 3.63) is 122 Å². The summed E-state index contributed by atoms with van der Waals surface area (Å²) in [5, 5.41) is 0.577. The summed E-state index contributed by atoms with van der Waals surface area (Å²) >= 11 is 4.93. The van der Waals surface area contributed by atoms with E-state index in [9.17, 15) is 9.18 Å². The molecular formula is C33H28BrFN2O3S. The fourth-order valence-electron chi connectivity index (χ4n) is 4.21. The highest BCUT2D eigenvalue weighted by Crippen LogP contribution is 2.41. The number of benzene rings is 4. The van der Waals surface area contributed by atoms with Crippen LogP contribution in [-0.2, 0) is 11.4 Å². The zero-order valence-corrected chi connectivity index (χ0v) is 25.3. The molecule has 0 aliphatic carbocycles. The van der Waals surface area contributed by atoms with Crippen molar-refractivity contribution in [3.8, 4) is 11.5 Å². The number of hydrogen-bond donors (Lipinski definition) is 0. The van der Waals surface area contributed by atoms with Gasteiger partial charge in [0, 0.05) is 0 Å². The Morgan fingerprint density at radius 1 is 0.951 bits per heavy atom. The Bertz CT molecular complexity index is 1640. The lowest BCUT2D eigenvalue weighted by molar-refractivity contribution is -0.113. The molecule has 8 heteroatoms. The number of nitrogens with zero attached hydrogens (tertiary/aromatic N) is 2. The molecule has 0 aromatic heterocycles. The molecule has 4 aromatic carbocycles. The molecule has 4 aromatic rings. The van der Waals surface area contributed by atoms with Gasteiger partial charge >= 0.3 is 0 Å². The van der Waals surface area contributed by atoms with Crippen LogP contribution in [-0.4, -0.2) is 17.7 Å². The zero-order valence-electron chi connectivity index (χ0n) is 22.9. The number of amides is 1. The van der Waals surface area contributed by atoms with Crippen LogP contribution in [0.15, 0.2) is 99.3 Å². The Kier molecular flexibility index (Phi) is 8.90. The van der Waals surface area contributed by atoms with E-state index in [1.807, 2.05) is 87.5 Å². The van der Waals surface area contributed by atoms with Crippen LogP contribution in [0, 0.1) is 19.7 Å². The molecular weight excluding hydrogens is 603 g/mol. The summed E-state index contributed by atoms with van der Waals surface area (Å²) in [4.78, 5) is 20.8. The number of carbonyl (C=O) groups is 1. The fraction of sp³-hybridized carbons (Fsp3) is 0.152. The highest BCUT2D eigenvalue weighted by atomic mass is 79.9. The molecule has 208 valence electrons. The SMILES string of the molecule is CCOc1cc(/C=C2\SC(=Nc3ccc(C)cc3)N(c3ccc(C)cc3)C2=O)cc(Br)c1OCc1cccc(F)c1. The Balaban J connectivity index is 1.48. The van der Waals surface area contributed by atoms with E-state index >= 15 is 0 Å². The molecule has 1 fully saturated rings. The molecule has 5 nitrogen and oxygen atoms in total. The number of thioether (sulfide) groups is 1. The molecule has 1 heterocycles. The Morgan fingerprint density at radius 3 is 2.34 bits per heavy atom. The van der Waals surface area contributed by atoms with E-state index in [1.54, 1.807) is 17.0 Å². The van der Waals surface area contributed by atoms with Gasteiger partial charge in [-0.1, -0.05) is 47.5 Å². The van der Waals surface area contributed by atoms with E-state index in [1.165, 1.54) is 23.9 Å². The quantitative estimate of drug-likeness (QED) is 0.182. The summed E-state index contributed by atoms with van der Waals surface area (Å²) in [6.07, 6.45) is 1.83. The van der Waals surface area contributed by atoms with Gasteiger partial charge < -0.3 is 9.47 Å². The summed E-state index contributed by atoms with van der Waals surface area (Å²) in [5.74, 6) is 0.544. The van der Waals surface area contributed by atoms with Crippen molar-refractivity contribution in [1.29, 1.82) is 0 Å². The van der Waals surface area contributed by atoms with E-state index < -0.39 is 0 Å². The number of rotatable bonds is 8. The van der Waals surface area contributed by atoms with Crippen LogP contribution in [0.1, 0.15) is 29.2 Å². The first-order chi connectivity index (χ1) is 19.8. The first-order valence-electron chi connectivity index (χ1n) is 13.1. The molecule has 0 atom stereocenters. The van der Waals surface area contributed by atoms with Crippen molar-refractivity contribution in [2.24, 2.45) is 4.99 Å².